The Morgan fingerprint density at radius 1 is 1.20 bits per heavy atom. The summed E-state index contributed by atoms with van der Waals surface area (Å²) in [5.41, 5.74) is 1.16. The van der Waals surface area contributed by atoms with Crippen molar-refractivity contribution in [3.8, 4) is 0 Å². The molecule has 1 N–H and O–H groups in total. The zero-order valence-electron chi connectivity index (χ0n) is 12.1. The van der Waals surface area contributed by atoms with Gasteiger partial charge in [0.1, 0.15) is 6.54 Å². The third kappa shape index (κ3) is 5.25. The number of hydrogen-bond donors (Lipinski definition) is 1. The molecule has 0 radical (unpaired) electrons. The average Bonchev–Trinajstić information content (AvgIpc) is 2.42. The lowest BCUT2D eigenvalue weighted by Crippen LogP contribution is -2.44. The summed E-state index contributed by atoms with van der Waals surface area (Å²) in [6.45, 7) is 5.24. The van der Waals surface area contributed by atoms with E-state index in [0.29, 0.717) is 0 Å². The Labute approximate surface area is 124 Å². The van der Waals surface area contributed by atoms with Gasteiger partial charge in [-0.2, -0.15) is 0 Å². The maximum atomic E-state index is 12.3. The van der Waals surface area contributed by atoms with Crippen LogP contribution in [0.25, 0.3) is 0 Å². The van der Waals surface area contributed by atoms with Crippen LogP contribution in [0.3, 0.4) is 0 Å². The molecule has 1 rings (SSSR count). The second-order valence-electron chi connectivity index (χ2n) is 4.89. The first-order valence-corrected chi connectivity index (χ1v) is 7.64. The minimum Gasteiger partial charge on any atom is -0.480 e. The zero-order chi connectivity index (χ0) is 15.1. The standard InChI is InChI=1S/C15H21NO3S/c1-11(2)16(9-14(17)18)15(19)12(3)20-10-13-7-5-4-6-8-13/h4-8,11-12H,9-10H2,1-3H3,(H,17,18). The molecule has 0 aliphatic heterocycles. The van der Waals surface area contributed by atoms with Gasteiger partial charge in [0.25, 0.3) is 0 Å². The Kier molecular flexibility index (Phi) is 6.58. The lowest BCUT2D eigenvalue weighted by atomic mass is 10.2. The summed E-state index contributed by atoms with van der Waals surface area (Å²) in [7, 11) is 0. The van der Waals surface area contributed by atoms with E-state index in [1.165, 1.54) is 16.7 Å². The van der Waals surface area contributed by atoms with Crippen LogP contribution in [0, 0.1) is 0 Å². The Morgan fingerprint density at radius 2 is 1.80 bits per heavy atom. The number of carboxylic acids is 1. The van der Waals surface area contributed by atoms with Gasteiger partial charge in [-0.3, -0.25) is 9.59 Å². The van der Waals surface area contributed by atoms with Gasteiger partial charge in [0.15, 0.2) is 0 Å². The van der Waals surface area contributed by atoms with Crippen molar-refractivity contribution in [1.29, 1.82) is 0 Å². The quantitative estimate of drug-likeness (QED) is 0.840. The smallest absolute Gasteiger partial charge is 0.323 e. The minimum absolute atomic E-state index is 0.113. The number of aliphatic carboxylic acids is 1. The SMILES string of the molecule is CC(SCc1ccccc1)C(=O)N(CC(=O)O)C(C)C. The molecule has 0 bridgehead atoms. The van der Waals surface area contributed by atoms with E-state index in [0.717, 1.165) is 11.3 Å². The maximum absolute atomic E-state index is 12.3. The van der Waals surface area contributed by atoms with Gasteiger partial charge < -0.3 is 10.0 Å². The first-order valence-electron chi connectivity index (χ1n) is 6.59. The third-order valence-corrected chi connectivity index (χ3v) is 4.10. The van der Waals surface area contributed by atoms with Gasteiger partial charge in [-0.1, -0.05) is 30.3 Å². The highest BCUT2D eigenvalue weighted by Gasteiger charge is 2.24. The van der Waals surface area contributed by atoms with Crippen molar-refractivity contribution in [3.63, 3.8) is 0 Å². The first kappa shape index (κ1) is 16.6. The van der Waals surface area contributed by atoms with Crippen LogP contribution in [0.1, 0.15) is 26.3 Å². The number of amides is 1. The Hall–Kier alpha value is -1.49. The number of carbonyl (C=O) groups excluding carboxylic acids is 1. The molecular weight excluding hydrogens is 274 g/mol. The van der Waals surface area contributed by atoms with E-state index in [4.69, 9.17) is 5.11 Å². The van der Waals surface area contributed by atoms with E-state index in [2.05, 4.69) is 0 Å². The molecule has 0 aromatic heterocycles. The fourth-order valence-corrected chi connectivity index (χ4v) is 2.67. The van der Waals surface area contributed by atoms with E-state index in [9.17, 15) is 9.59 Å². The van der Waals surface area contributed by atoms with Gasteiger partial charge in [0.05, 0.1) is 5.25 Å². The van der Waals surface area contributed by atoms with Gasteiger partial charge in [0.2, 0.25) is 5.91 Å². The second kappa shape index (κ2) is 7.94. The predicted molar refractivity (Wildman–Crippen MR) is 81.7 cm³/mol. The zero-order valence-corrected chi connectivity index (χ0v) is 12.9. The molecule has 4 nitrogen and oxygen atoms in total. The lowest BCUT2D eigenvalue weighted by molar-refractivity contribution is -0.145. The van der Waals surface area contributed by atoms with Gasteiger partial charge >= 0.3 is 5.97 Å². The Bertz CT molecular complexity index is 448. The largest absolute Gasteiger partial charge is 0.480 e. The molecule has 0 saturated heterocycles. The molecule has 1 amide bonds. The van der Waals surface area contributed by atoms with E-state index >= 15 is 0 Å². The van der Waals surface area contributed by atoms with Gasteiger partial charge in [0, 0.05) is 11.8 Å². The van der Waals surface area contributed by atoms with E-state index < -0.39 is 5.97 Å². The van der Waals surface area contributed by atoms with Crippen LogP contribution in [0.2, 0.25) is 0 Å². The molecule has 20 heavy (non-hydrogen) atoms. The van der Waals surface area contributed by atoms with Crippen molar-refractivity contribution in [2.24, 2.45) is 0 Å². The predicted octanol–water partition coefficient (Wildman–Crippen LogP) is 2.63. The van der Waals surface area contributed by atoms with Gasteiger partial charge in [-0.25, -0.2) is 0 Å². The van der Waals surface area contributed by atoms with Crippen LogP contribution in [-0.2, 0) is 15.3 Å². The Morgan fingerprint density at radius 3 is 2.30 bits per heavy atom. The highest BCUT2D eigenvalue weighted by Crippen LogP contribution is 2.20. The van der Waals surface area contributed by atoms with Crippen LogP contribution < -0.4 is 0 Å². The normalized spacial score (nSPS) is 12.2. The average molecular weight is 295 g/mol. The monoisotopic (exact) mass is 295 g/mol. The van der Waals surface area contributed by atoms with Crippen LogP contribution in [0.4, 0.5) is 0 Å². The number of thioether (sulfide) groups is 1. The van der Waals surface area contributed by atoms with Gasteiger partial charge in [-0.15, -0.1) is 11.8 Å². The summed E-state index contributed by atoms with van der Waals surface area (Å²) in [5.74, 6) is -0.358. The summed E-state index contributed by atoms with van der Waals surface area (Å²) >= 11 is 1.53. The van der Waals surface area contributed by atoms with Crippen molar-refractivity contribution in [3.05, 3.63) is 35.9 Å². The molecule has 110 valence electrons. The van der Waals surface area contributed by atoms with Gasteiger partial charge in [-0.05, 0) is 26.3 Å². The van der Waals surface area contributed by atoms with Crippen molar-refractivity contribution in [1.82, 2.24) is 4.90 Å². The van der Waals surface area contributed by atoms with E-state index in [1.54, 1.807) is 0 Å². The number of benzene rings is 1. The molecule has 0 aliphatic carbocycles. The van der Waals surface area contributed by atoms with Crippen LogP contribution in [0.5, 0.6) is 0 Å². The topological polar surface area (TPSA) is 57.6 Å². The molecule has 1 unspecified atom stereocenters. The Balaban J connectivity index is 2.58. The van der Waals surface area contributed by atoms with Crippen LogP contribution >= 0.6 is 11.8 Å². The number of carboxylic acid groups (broad SMARTS) is 1. The molecule has 0 fully saturated rings. The van der Waals surface area contributed by atoms with Crippen molar-refractivity contribution >= 4 is 23.6 Å². The molecular formula is C15H21NO3S. The summed E-state index contributed by atoms with van der Waals surface area (Å²) in [5, 5.41) is 8.62. The highest BCUT2D eigenvalue weighted by atomic mass is 32.2. The number of carbonyl (C=O) groups is 2. The number of rotatable bonds is 7. The molecule has 1 aromatic rings. The molecule has 0 spiro atoms. The number of hydrogen-bond acceptors (Lipinski definition) is 3. The van der Waals surface area contributed by atoms with E-state index in [-0.39, 0.29) is 23.7 Å². The molecule has 0 saturated carbocycles. The minimum atomic E-state index is -0.979. The molecule has 0 heterocycles. The summed E-state index contributed by atoms with van der Waals surface area (Å²) in [4.78, 5) is 24.5. The summed E-state index contributed by atoms with van der Waals surface area (Å²) in [6, 6.07) is 9.80. The van der Waals surface area contributed by atoms with Crippen molar-refractivity contribution < 1.29 is 14.7 Å². The molecule has 1 atom stereocenters. The number of nitrogens with zero attached hydrogens (tertiary/aromatic N) is 1. The maximum Gasteiger partial charge on any atom is 0.323 e. The highest BCUT2D eigenvalue weighted by molar-refractivity contribution is 7.99. The molecule has 0 aliphatic rings. The second-order valence-corrected chi connectivity index (χ2v) is 6.22. The van der Waals surface area contributed by atoms with E-state index in [1.807, 2.05) is 51.1 Å². The lowest BCUT2D eigenvalue weighted by Gasteiger charge is -2.27. The fraction of sp³-hybridized carbons (Fsp3) is 0.467. The molecule has 1 aromatic carbocycles. The summed E-state index contributed by atoms with van der Waals surface area (Å²) in [6.07, 6.45) is 0. The third-order valence-electron chi connectivity index (χ3n) is 2.90. The van der Waals surface area contributed by atoms with Crippen LogP contribution in [-0.4, -0.2) is 39.7 Å². The summed E-state index contributed by atoms with van der Waals surface area (Å²) < 4.78 is 0. The van der Waals surface area contributed by atoms with Crippen molar-refractivity contribution in [2.75, 3.05) is 6.54 Å². The molecule has 5 heteroatoms. The van der Waals surface area contributed by atoms with Crippen molar-refractivity contribution in [2.45, 2.75) is 37.8 Å². The first-order chi connectivity index (χ1) is 9.41. The van der Waals surface area contributed by atoms with Crippen LogP contribution in [0.15, 0.2) is 30.3 Å². The fourth-order valence-electron chi connectivity index (χ4n) is 1.76.